The molecule has 3 rings (SSSR count). The molecule has 1 N–H and O–H groups in total. The van der Waals surface area contributed by atoms with Gasteiger partial charge < -0.3 is 9.72 Å². The van der Waals surface area contributed by atoms with Crippen molar-refractivity contribution >= 4 is 11.6 Å². The minimum atomic E-state index is -0.0643. The molecule has 0 atom stereocenters. The molecular formula is C14H16N3O. The second-order valence-electron chi connectivity index (χ2n) is 4.71. The maximum atomic E-state index is 12.1. The van der Waals surface area contributed by atoms with Gasteiger partial charge in [0.05, 0.1) is 0 Å². The zero-order valence-corrected chi connectivity index (χ0v) is 10.2. The Bertz CT molecular complexity index is 522. The van der Waals surface area contributed by atoms with E-state index in [1.165, 1.54) is 0 Å². The molecule has 1 radical (unpaired) electrons. The van der Waals surface area contributed by atoms with Gasteiger partial charge >= 0.3 is 0 Å². The number of nitrogens with zero attached hydrogens (tertiary/aromatic N) is 2. The number of nitrogens with one attached hydrogen (secondary N) is 1. The molecule has 93 valence electrons. The van der Waals surface area contributed by atoms with Gasteiger partial charge in [0, 0.05) is 18.4 Å². The summed E-state index contributed by atoms with van der Waals surface area (Å²) in [6, 6.07) is 6.04. The summed E-state index contributed by atoms with van der Waals surface area (Å²) in [6.45, 7) is 0. The van der Waals surface area contributed by atoms with Crippen LogP contribution in [0.3, 0.4) is 0 Å². The number of pyridine rings is 1. The molecular weight excluding hydrogens is 226 g/mol. The monoisotopic (exact) mass is 242 g/mol. The van der Waals surface area contributed by atoms with E-state index in [1.54, 1.807) is 6.20 Å². The van der Waals surface area contributed by atoms with Gasteiger partial charge in [0.25, 0.3) is 5.91 Å². The second-order valence-corrected chi connectivity index (χ2v) is 4.71. The minimum absolute atomic E-state index is 0.0643. The Hall–Kier alpha value is -1.84. The van der Waals surface area contributed by atoms with Crippen LogP contribution in [0.5, 0.6) is 0 Å². The fraction of sp³-hybridized carbons (Fsp3) is 0.357. The standard InChI is InChI=1S/C14H16N3O/c18-14(15-11-6-2-1-3-7-11)12-10-17-9-5-4-8-13(17)16-12/h1,4-5,8-11H,2-3,6-7H2,(H,15,18). The van der Waals surface area contributed by atoms with Crippen molar-refractivity contribution in [1.82, 2.24) is 14.7 Å². The summed E-state index contributed by atoms with van der Waals surface area (Å²) in [5, 5.41) is 3.06. The van der Waals surface area contributed by atoms with E-state index in [0.717, 1.165) is 31.3 Å². The average Bonchev–Trinajstić information content (AvgIpc) is 2.84. The quantitative estimate of drug-likeness (QED) is 0.877. The number of amides is 1. The molecule has 18 heavy (non-hydrogen) atoms. The smallest absolute Gasteiger partial charge is 0.271 e. The highest BCUT2D eigenvalue weighted by atomic mass is 16.2. The van der Waals surface area contributed by atoms with Gasteiger partial charge in [-0.2, -0.15) is 0 Å². The number of fused-ring (bicyclic) bond motifs is 1. The Kier molecular flexibility index (Phi) is 3.00. The van der Waals surface area contributed by atoms with Crippen LogP contribution < -0.4 is 5.32 Å². The van der Waals surface area contributed by atoms with Gasteiger partial charge in [0.1, 0.15) is 11.3 Å². The Morgan fingerprint density at radius 1 is 1.33 bits per heavy atom. The van der Waals surface area contributed by atoms with E-state index in [-0.39, 0.29) is 5.91 Å². The van der Waals surface area contributed by atoms with Gasteiger partial charge in [-0.05, 0) is 44.2 Å². The number of hydrogen-bond acceptors (Lipinski definition) is 2. The van der Waals surface area contributed by atoms with E-state index in [2.05, 4.69) is 16.7 Å². The molecule has 0 aliphatic heterocycles. The SMILES string of the molecule is O=C(NC1CC[CH]CC1)c1cn2ccccc2n1. The molecule has 4 nitrogen and oxygen atoms in total. The predicted octanol–water partition coefficient (Wildman–Crippen LogP) is 2.21. The molecule has 0 unspecified atom stereocenters. The predicted molar refractivity (Wildman–Crippen MR) is 69.2 cm³/mol. The Labute approximate surface area is 106 Å². The highest BCUT2D eigenvalue weighted by Gasteiger charge is 2.18. The van der Waals surface area contributed by atoms with Crippen molar-refractivity contribution in [2.45, 2.75) is 31.7 Å². The van der Waals surface area contributed by atoms with Crippen molar-refractivity contribution in [3.63, 3.8) is 0 Å². The van der Waals surface area contributed by atoms with E-state index in [4.69, 9.17) is 0 Å². The number of carbonyl (C=O) groups excluding carboxylic acids is 1. The topological polar surface area (TPSA) is 46.4 Å². The molecule has 1 aliphatic carbocycles. The number of imidazole rings is 1. The molecule has 4 heteroatoms. The van der Waals surface area contributed by atoms with Gasteiger partial charge in [-0.1, -0.05) is 6.07 Å². The third-order valence-electron chi connectivity index (χ3n) is 3.37. The van der Waals surface area contributed by atoms with Gasteiger partial charge in [0.15, 0.2) is 0 Å². The van der Waals surface area contributed by atoms with Crippen molar-refractivity contribution < 1.29 is 4.79 Å². The first-order valence-corrected chi connectivity index (χ1v) is 6.39. The molecule has 2 heterocycles. The third-order valence-corrected chi connectivity index (χ3v) is 3.37. The largest absolute Gasteiger partial charge is 0.348 e. The van der Waals surface area contributed by atoms with E-state index in [1.807, 2.05) is 28.8 Å². The molecule has 1 fully saturated rings. The third kappa shape index (κ3) is 2.23. The van der Waals surface area contributed by atoms with Crippen LogP contribution in [0.2, 0.25) is 0 Å². The zero-order valence-electron chi connectivity index (χ0n) is 10.2. The number of aromatic nitrogens is 2. The zero-order chi connectivity index (χ0) is 12.4. The average molecular weight is 242 g/mol. The fourth-order valence-corrected chi connectivity index (χ4v) is 2.37. The molecule has 2 aromatic heterocycles. The Morgan fingerprint density at radius 2 is 2.17 bits per heavy atom. The molecule has 1 amide bonds. The Balaban J connectivity index is 1.74. The molecule has 0 saturated heterocycles. The Morgan fingerprint density at radius 3 is 2.94 bits per heavy atom. The second kappa shape index (κ2) is 4.80. The number of rotatable bonds is 2. The number of carbonyl (C=O) groups is 1. The summed E-state index contributed by atoms with van der Waals surface area (Å²) in [4.78, 5) is 16.4. The van der Waals surface area contributed by atoms with Crippen LogP contribution in [-0.4, -0.2) is 21.3 Å². The van der Waals surface area contributed by atoms with Crippen molar-refractivity contribution in [2.24, 2.45) is 0 Å². The molecule has 0 aromatic carbocycles. The first-order chi connectivity index (χ1) is 8.83. The normalized spacial score (nSPS) is 16.9. The molecule has 1 saturated carbocycles. The summed E-state index contributed by atoms with van der Waals surface area (Å²) in [5.74, 6) is -0.0643. The van der Waals surface area contributed by atoms with Crippen LogP contribution in [0.4, 0.5) is 0 Å². The van der Waals surface area contributed by atoms with Crippen molar-refractivity contribution in [2.75, 3.05) is 0 Å². The number of hydrogen-bond donors (Lipinski definition) is 1. The first-order valence-electron chi connectivity index (χ1n) is 6.39. The van der Waals surface area contributed by atoms with Gasteiger partial charge in [-0.15, -0.1) is 0 Å². The van der Waals surface area contributed by atoms with E-state index >= 15 is 0 Å². The molecule has 0 bridgehead atoms. The lowest BCUT2D eigenvalue weighted by Gasteiger charge is -2.21. The van der Waals surface area contributed by atoms with Crippen LogP contribution in [0.15, 0.2) is 30.6 Å². The lowest BCUT2D eigenvalue weighted by molar-refractivity contribution is 0.0926. The summed E-state index contributed by atoms with van der Waals surface area (Å²) < 4.78 is 1.86. The summed E-state index contributed by atoms with van der Waals surface area (Å²) in [5.41, 5.74) is 1.30. The first kappa shape index (κ1) is 11.3. The van der Waals surface area contributed by atoms with Crippen molar-refractivity contribution in [3.8, 4) is 0 Å². The van der Waals surface area contributed by atoms with Crippen LogP contribution in [0, 0.1) is 6.42 Å². The van der Waals surface area contributed by atoms with Crippen LogP contribution in [-0.2, 0) is 0 Å². The van der Waals surface area contributed by atoms with Gasteiger partial charge in [0.2, 0.25) is 0 Å². The van der Waals surface area contributed by atoms with E-state index in [0.29, 0.717) is 11.7 Å². The highest BCUT2D eigenvalue weighted by molar-refractivity contribution is 5.93. The van der Waals surface area contributed by atoms with E-state index in [9.17, 15) is 4.79 Å². The maximum Gasteiger partial charge on any atom is 0.271 e. The summed E-state index contributed by atoms with van der Waals surface area (Å²) in [7, 11) is 0. The van der Waals surface area contributed by atoms with Crippen LogP contribution in [0.1, 0.15) is 36.2 Å². The highest BCUT2D eigenvalue weighted by Crippen LogP contribution is 2.17. The van der Waals surface area contributed by atoms with Gasteiger partial charge in [-0.25, -0.2) is 4.98 Å². The lowest BCUT2D eigenvalue weighted by atomic mass is 9.95. The summed E-state index contributed by atoms with van der Waals surface area (Å²) in [6.07, 6.45) is 10.2. The van der Waals surface area contributed by atoms with Crippen LogP contribution >= 0.6 is 0 Å². The maximum absolute atomic E-state index is 12.1. The van der Waals surface area contributed by atoms with E-state index < -0.39 is 0 Å². The summed E-state index contributed by atoms with van der Waals surface area (Å²) >= 11 is 0. The van der Waals surface area contributed by atoms with Crippen LogP contribution in [0.25, 0.3) is 5.65 Å². The van der Waals surface area contributed by atoms with Crippen molar-refractivity contribution in [3.05, 3.63) is 42.7 Å². The fourth-order valence-electron chi connectivity index (χ4n) is 2.37. The minimum Gasteiger partial charge on any atom is -0.348 e. The molecule has 0 spiro atoms. The molecule has 1 aliphatic rings. The lowest BCUT2D eigenvalue weighted by Crippen LogP contribution is -2.36. The van der Waals surface area contributed by atoms with Gasteiger partial charge in [-0.3, -0.25) is 4.79 Å². The molecule has 2 aromatic rings. The van der Waals surface area contributed by atoms with Crippen molar-refractivity contribution in [1.29, 1.82) is 0 Å².